The fraction of sp³-hybridized carbons (Fsp3) is 0.464. The Kier molecular flexibility index (Phi) is 11.0. The van der Waals surface area contributed by atoms with Crippen LogP contribution in [0.1, 0.15) is 39.9 Å². The number of aliphatic carboxylic acids is 1. The number of hydrogen-bond acceptors (Lipinski definition) is 6. The zero-order valence-electron chi connectivity index (χ0n) is 22.6. The molecule has 3 rings (SSSR count). The van der Waals surface area contributed by atoms with Crippen LogP contribution in [0.5, 0.6) is 0 Å². The van der Waals surface area contributed by atoms with Gasteiger partial charge < -0.3 is 19.5 Å². The van der Waals surface area contributed by atoms with Gasteiger partial charge in [-0.25, -0.2) is 0 Å². The molecule has 1 aliphatic heterocycles. The molecule has 0 saturated carbocycles. The minimum atomic E-state index is -5.12. The lowest BCUT2D eigenvalue weighted by molar-refractivity contribution is -0.149. The first-order valence-electron chi connectivity index (χ1n) is 12.9. The van der Waals surface area contributed by atoms with Crippen molar-refractivity contribution in [1.29, 1.82) is 0 Å². The van der Waals surface area contributed by atoms with E-state index < -0.39 is 65.5 Å². The lowest BCUT2D eigenvalue weighted by Crippen LogP contribution is -2.54. The number of nitrogens with zero attached hydrogens (tertiary/aromatic N) is 2. The molecule has 1 N–H and O–H groups in total. The van der Waals surface area contributed by atoms with Crippen molar-refractivity contribution in [3.63, 3.8) is 0 Å². The minimum absolute atomic E-state index is 0.0417. The highest BCUT2D eigenvalue weighted by Crippen LogP contribution is 2.37. The van der Waals surface area contributed by atoms with E-state index in [2.05, 4.69) is 0 Å². The van der Waals surface area contributed by atoms with E-state index in [1.54, 1.807) is 30.3 Å². The Morgan fingerprint density at radius 1 is 0.952 bits per heavy atom. The number of carboxylic acid groups (broad SMARTS) is 1. The number of carbonyl (C=O) groups is 3. The number of amides is 1. The molecule has 2 aromatic carbocycles. The van der Waals surface area contributed by atoms with Crippen molar-refractivity contribution in [3.8, 4) is 0 Å². The third-order valence-electron chi connectivity index (χ3n) is 6.84. The molecule has 0 radical (unpaired) electrons. The van der Waals surface area contributed by atoms with Gasteiger partial charge in [0.1, 0.15) is 6.61 Å². The summed E-state index contributed by atoms with van der Waals surface area (Å²) in [7, 11) is 1.41. The summed E-state index contributed by atoms with van der Waals surface area (Å²) in [5, 5.41) is 9.45. The van der Waals surface area contributed by atoms with Gasteiger partial charge in [-0.1, -0.05) is 30.3 Å². The van der Waals surface area contributed by atoms with E-state index >= 15 is 0 Å². The normalized spacial score (nSPS) is 17.8. The summed E-state index contributed by atoms with van der Waals surface area (Å²) in [6.07, 6.45) is -9.84. The summed E-state index contributed by atoms with van der Waals surface area (Å²) in [4.78, 5) is 40.1. The molecule has 0 spiro atoms. The van der Waals surface area contributed by atoms with Crippen molar-refractivity contribution in [3.05, 3.63) is 70.8 Å². The van der Waals surface area contributed by atoms with Crippen LogP contribution in [0.25, 0.3) is 0 Å². The molecular weight excluding hydrogens is 574 g/mol. The van der Waals surface area contributed by atoms with Gasteiger partial charge in [-0.05, 0) is 43.0 Å². The van der Waals surface area contributed by atoms with Gasteiger partial charge in [-0.2, -0.15) is 26.3 Å². The lowest BCUT2D eigenvalue weighted by atomic mass is 9.90. The Hall–Kier alpha value is -3.65. The van der Waals surface area contributed by atoms with Gasteiger partial charge in [0.2, 0.25) is 0 Å². The van der Waals surface area contributed by atoms with Gasteiger partial charge in [0, 0.05) is 31.3 Å². The molecule has 0 bridgehead atoms. The molecule has 2 atom stereocenters. The molecule has 0 aromatic heterocycles. The Labute approximate surface area is 237 Å². The number of halogens is 6. The number of piperidine rings is 1. The zero-order valence-corrected chi connectivity index (χ0v) is 22.6. The first kappa shape index (κ1) is 32.9. The standard InChI is InChI=1S/C28H30F6N2O6/c1-41-9-10-42-25(39)17-35(16-24(37)38)22-7-8-36(23(15-22)11-18-5-3-2-4-6-18)26(40)19-12-20(27(29,30)31)14-21(13-19)28(32,33)34/h2-6,12-14,22-23H,7-11,15-17H2,1H3,(H,37,38). The van der Waals surface area contributed by atoms with E-state index in [0.29, 0.717) is 12.1 Å². The van der Waals surface area contributed by atoms with Crippen LogP contribution in [-0.2, 0) is 37.8 Å². The van der Waals surface area contributed by atoms with E-state index in [1.165, 1.54) is 16.9 Å². The molecule has 2 unspecified atom stereocenters. The predicted octanol–water partition coefficient (Wildman–Crippen LogP) is 4.52. The molecule has 14 heteroatoms. The van der Waals surface area contributed by atoms with Crippen LogP contribution in [0.3, 0.4) is 0 Å². The maximum Gasteiger partial charge on any atom is 0.416 e. The molecule has 1 aliphatic rings. The Balaban J connectivity index is 1.93. The Morgan fingerprint density at radius 3 is 2.12 bits per heavy atom. The van der Waals surface area contributed by atoms with Gasteiger partial charge >= 0.3 is 24.3 Å². The van der Waals surface area contributed by atoms with E-state index in [4.69, 9.17) is 9.47 Å². The number of carbonyl (C=O) groups excluding carboxylic acids is 2. The second-order valence-corrected chi connectivity index (χ2v) is 9.83. The summed E-state index contributed by atoms with van der Waals surface area (Å²) in [5.41, 5.74) is -3.23. The van der Waals surface area contributed by atoms with Gasteiger partial charge in [0.15, 0.2) is 0 Å². The summed E-state index contributed by atoms with van der Waals surface area (Å²) in [6.45, 7) is -0.923. The summed E-state index contributed by atoms with van der Waals surface area (Å²) in [6, 6.07) is 8.19. The van der Waals surface area contributed by atoms with Crippen LogP contribution in [0.15, 0.2) is 48.5 Å². The van der Waals surface area contributed by atoms with Crippen molar-refractivity contribution in [1.82, 2.24) is 9.80 Å². The van der Waals surface area contributed by atoms with Crippen LogP contribution in [0, 0.1) is 0 Å². The fourth-order valence-electron chi connectivity index (χ4n) is 4.89. The van der Waals surface area contributed by atoms with E-state index in [-0.39, 0.29) is 51.6 Å². The molecule has 1 heterocycles. The predicted molar refractivity (Wildman–Crippen MR) is 136 cm³/mol. The second kappa shape index (κ2) is 14.0. The first-order chi connectivity index (χ1) is 19.7. The number of rotatable bonds is 11. The monoisotopic (exact) mass is 604 g/mol. The van der Waals surface area contributed by atoms with Crippen LogP contribution in [-0.4, -0.2) is 84.8 Å². The first-order valence-corrected chi connectivity index (χ1v) is 12.9. The van der Waals surface area contributed by atoms with Crippen LogP contribution in [0.2, 0.25) is 0 Å². The van der Waals surface area contributed by atoms with Crippen molar-refractivity contribution < 1.29 is 55.3 Å². The van der Waals surface area contributed by atoms with Crippen LogP contribution >= 0.6 is 0 Å². The molecule has 1 amide bonds. The molecule has 2 aromatic rings. The molecule has 1 saturated heterocycles. The molecule has 0 aliphatic carbocycles. The van der Waals surface area contributed by atoms with Crippen molar-refractivity contribution in [2.75, 3.05) is 40.0 Å². The molecule has 230 valence electrons. The van der Waals surface area contributed by atoms with Crippen molar-refractivity contribution in [2.24, 2.45) is 0 Å². The minimum Gasteiger partial charge on any atom is -0.480 e. The smallest absolute Gasteiger partial charge is 0.416 e. The second-order valence-electron chi connectivity index (χ2n) is 9.83. The SMILES string of the molecule is COCCOC(=O)CN(CC(=O)O)C1CCN(C(=O)c2cc(C(F)(F)F)cc(C(F)(F)F)c2)C(Cc2ccccc2)C1. The number of carboxylic acids is 1. The number of esters is 1. The maximum atomic E-state index is 13.5. The highest BCUT2D eigenvalue weighted by Gasteiger charge is 2.40. The largest absolute Gasteiger partial charge is 0.480 e. The fourth-order valence-corrected chi connectivity index (χ4v) is 4.89. The summed E-state index contributed by atoms with van der Waals surface area (Å²) >= 11 is 0. The average Bonchev–Trinajstić information content (AvgIpc) is 2.91. The van der Waals surface area contributed by atoms with E-state index in [9.17, 15) is 45.8 Å². The van der Waals surface area contributed by atoms with Gasteiger partial charge in [0.05, 0.1) is 30.8 Å². The highest BCUT2D eigenvalue weighted by atomic mass is 19.4. The third-order valence-corrected chi connectivity index (χ3v) is 6.84. The number of ether oxygens (including phenoxy) is 2. The van der Waals surface area contributed by atoms with E-state index in [1.807, 2.05) is 0 Å². The highest BCUT2D eigenvalue weighted by molar-refractivity contribution is 5.95. The number of likely N-dealkylation sites (tertiary alicyclic amines) is 1. The number of methoxy groups -OCH3 is 1. The maximum absolute atomic E-state index is 13.5. The van der Waals surface area contributed by atoms with Crippen molar-refractivity contribution >= 4 is 17.8 Å². The molecule has 42 heavy (non-hydrogen) atoms. The molecule has 1 fully saturated rings. The van der Waals surface area contributed by atoms with Gasteiger partial charge in [-0.3, -0.25) is 19.3 Å². The quantitative estimate of drug-likeness (QED) is 0.229. The number of benzene rings is 2. The number of alkyl halides is 6. The van der Waals surface area contributed by atoms with E-state index in [0.717, 1.165) is 5.56 Å². The molecular formula is C28H30F6N2O6. The molecule has 8 nitrogen and oxygen atoms in total. The number of hydrogen-bond donors (Lipinski definition) is 1. The average molecular weight is 605 g/mol. The van der Waals surface area contributed by atoms with Crippen LogP contribution in [0.4, 0.5) is 26.3 Å². The zero-order chi connectivity index (χ0) is 31.1. The lowest BCUT2D eigenvalue weighted by Gasteiger charge is -2.43. The van der Waals surface area contributed by atoms with Gasteiger partial charge in [-0.15, -0.1) is 0 Å². The topological polar surface area (TPSA) is 96.4 Å². The van der Waals surface area contributed by atoms with Crippen molar-refractivity contribution in [2.45, 2.75) is 43.7 Å². The summed E-state index contributed by atoms with van der Waals surface area (Å²) in [5.74, 6) is -2.94. The Bertz CT molecular complexity index is 1210. The van der Waals surface area contributed by atoms with Crippen LogP contribution < -0.4 is 0 Å². The Morgan fingerprint density at radius 2 is 1.57 bits per heavy atom. The summed E-state index contributed by atoms with van der Waals surface area (Å²) < 4.78 is 90.7. The third kappa shape index (κ3) is 9.18. The van der Waals surface area contributed by atoms with Gasteiger partial charge in [0.25, 0.3) is 5.91 Å².